The Morgan fingerprint density at radius 3 is 2.35 bits per heavy atom. The molecule has 0 fully saturated rings. The molecule has 0 saturated heterocycles. The minimum atomic E-state index is -1.18. The smallest absolute Gasteiger partial charge is 0.335 e. The molecule has 0 atom stereocenters. The molecule has 1 aromatic heterocycles. The van der Waals surface area contributed by atoms with Gasteiger partial charge in [0, 0.05) is 19.4 Å². The van der Waals surface area contributed by atoms with Crippen LogP contribution in [0.4, 0.5) is 0 Å². The van der Waals surface area contributed by atoms with E-state index in [0.717, 1.165) is 17.8 Å². The maximum Gasteiger partial charge on any atom is 0.335 e. The summed E-state index contributed by atoms with van der Waals surface area (Å²) in [6, 6.07) is 9.10. The van der Waals surface area contributed by atoms with Gasteiger partial charge in [0.15, 0.2) is 11.4 Å². The second kappa shape index (κ2) is 7.13. The summed E-state index contributed by atoms with van der Waals surface area (Å²) in [6.45, 7) is 3.98. The number of rotatable bonds is 2. The van der Waals surface area contributed by atoms with Gasteiger partial charge in [-0.3, -0.25) is 0 Å². The molecule has 0 radical (unpaired) electrons. The summed E-state index contributed by atoms with van der Waals surface area (Å²) in [4.78, 5) is 13.3. The van der Waals surface area contributed by atoms with E-state index in [0.29, 0.717) is 5.75 Å². The highest BCUT2D eigenvalue weighted by Gasteiger charge is 2.05. The summed E-state index contributed by atoms with van der Waals surface area (Å²) in [5.41, 5.74) is 1.80. The number of aromatic carboxylic acids is 1. The number of aryl methyl sites for hydroxylation is 2. The second-order valence-corrected chi connectivity index (χ2v) is 4.16. The molecule has 0 amide bonds. The summed E-state index contributed by atoms with van der Waals surface area (Å²) in [7, 11) is 0. The van der Waals surface area contributed by atoms with Gasteiger partial charge < -0.3 is 15.3 Å². The molecule has 1 aromatic carbocycles. The van der Waals surface area contributed by atoms with Gasteiger partial charge in [-0.05, 0) is 12.1 Å². The Hall–Kier alpha value is -2.56. The first-order chi connectivity index (χ1) is 9.45. The highest BCUT2D eigenvalue weighted by Crippen LogP contribution is 2.11. The Morgan fingerprint density at radius 1 is 1.25 bits per heavy atom. The molecule has 0 bridgehead atoms. The van der Waals surface area contributed by atoms with Crippen molar-refractivity contribution in [3.8, 4) is 11.5 Å². The fourth-order valence-electron chi connectivity index (χ4n) is 1.56. The number of pyridine rings is 1. The highest BCUT2D eigenvalue weighted by molar-refractivity contribution is 5.90. The molecule has 0 aliphatic carbocycles. The summed E-state index contributed by atoms with van der Waals surface area (Å²) in [5, 5.41) is 28.2. The number of H-pyrrole nitrogens is 1. The molecule has 0 unspecified atom stereocenters. The summed E-state index contributed by atoms with van der Waals surface area (Å²) in [5.74, 6) is -1.27. The number of aromatic nitrogens is 1. The number of aromatic hydroxyl groups is 1. The third kappa shape index (κ3) is 4.28. The predicted molar refractivity (Wildman–Crippen MR) is 71.6 cm³/mol. The molecule has 2 aromatic rings. The molecule has 1 heterocycles. The Morgan fingerprint density at radius 2 is 1.90 bits per heavy atom. The lowest BCUT2D eigenvalue weighted by Gasteiger charge is -2.07. The van der Waals surface area contributed by atoms with Gasteiger partial charge >= 0.3 is 5.97 Å². The van der Waals surface area contributed by atoms with Crippen LogP contribution in [0, 0.1) is 6.92 Å². The fraction of sp³-hybridized carbons (Fsp3) is 0.200. The van der Waals surface area contributed by atoms with Crippen molar-refractivity contribution in [3.63, 3.8) is 0 Å². The zero-order valence-electron chi connectivity index (χ0n) is 11.4. The number of nitrogens with one attached hydrogen (secondary N) is 1. The van der Waals surface area contributed by atoms with Crippen LogP contribution in [-0.2, 0) is 6.42 Å². The standard InChI is InChI=1S/C8H11NO.C7H6O3/c1-3-7-8(10)5-4-6(2)9-7;8-6-4-2-1-3-5(6)7(9)10/h4-5,10H,3H2,1-2H3;1-4,8H,(H,9,10). The largest absolute Gasteiger partial charge is 0.872 e. The lowest BCUT2D eigenvalue weighted by atomic mass is 10.2. The Bertz CT molecular complexity index is 596. The Kier molecular flexibility index (Phi) is 5.53. The van der Waals surface area contributed by atoms with Gasteiger partial charge in [-0.15, -0.1) is 0 Å². The molecule has 0 spiro atoms. The van der Waals surface area contributed by atoms with E-state index in [1.165, 1.54) is 24.3 Å². The van der Waals surface area contributed by atoms with Crippen LogP contribution in [0.3, 0.4) is 0 Å². The molecule has 2 rings (SSSR count). The van der Waals surface area contributed by atoms with E-state index in [1.54, 1.807) is 6.07 Å². The van der Waals surface area contributed by atoms with Crippen LogP contribution in [0.15, 0.2) is 36.4 Å². The van der Waals surface area contributed by atoms with Crippen molar-refractivity contribution in [1.29, 1.82) is 0 Å². The number of hydrogen-bond donors (Lipinski definition) is 2. The third-order valence-corrected chi connectivity index (χ3v) is 2.62. The number of aromatic amines is 1. The average Bonchev–Trinajstić information content (AvgIpc) is 2.42. The average molecular weight is 275 g/mol. The van der Waals surface area contributed by atoms with E-state index in [4.69, 9.17) is 5.11 Å². The molecule has 3 N–H and O–H groups in total. The lowest BCUT2D eigenvalue weighted by Crippen LogP contribution is -2.13. The van der Waals surface area contributed by atoms with Crippen molar-refractivity contribution in [2.45, 2.75) is 20.3 Å². The van der Waals surface area contributed by atoms with E-state index >= 15 is 0 Å². The topological polar surface area (TPSA) is 94.7 Å². The minimum absolute atomic E-state index is 0.178. The molecule has 0 aliphatic rings. The number of hydrogen-bond acceptors (Lipinski definition) is 3. The van der Waals surface area contributed by atoms with Gasteiger partial charge in [0.1, 0.15) is 0 Å². The monoisotopic (exact) mass is 275 g/mol. The van der Waals surface area contributed by atoms with Crippen LogP contribution in [0.2, 0.25) is 0 Å². The van der Waals surface area contributed by atoms with Crippen LogP contribution in [0.5, 0.6) is 11.5 Å². The molecule has 20 heavy (non-hydrogen) atoms. The number of para-hydroxylation sites is 1. The van der Waals surface area contributed by atoms with Crippen LogP contribution in [0.1, 0.15) is 28.7 Å². The maximum atomic E-state index is 10.7. The highest BCUT2D eigenvalue weighted by atomic mass is 16.4. The van der Waals surface area contributed by atoms with Gasteiger partial charge in [0.2, 0.25) is 5.69 Å². The van der Waals surface area contributed by atoms with Crippen LogP contribution in [0.25, 0.3) is 0 Å². The van der Waals surface area contributed by atoms with Crippen molar-refractivity contribution >= 4 is 5.97 Å². The predicted octanol–water partition coefficient (Wildman–Crippen LogP) is 1.54. The van der Waals surface area contributed by atoms with Gasteiger partial charge in [0.05, 0.1) is 5.56 Å². The Labute approximate surface area is 117 Å². The van der Waals surface area contributed by atoms with Crippen LogP contribution in [-0.4, -0.2) is 16.2 Å². The number of benzene rings is 1. The fourth-order valence-corrected chi connectivity index (χ4v) is 1.56. The number of carbonyl (C=O) groups is 1. The third-order valence-electron chi connectivity index (χ3n) is 2.62. The second-order valence-electron chi connectivity index (χ2n) is 4.16. The SMILES string of the molecule is CCc1[nH+]c(C)ccc1O.O=C(O)c1ccccc1[O-]. The van der Waals surface area contributed by atoms with Crippen LogP contribution < -0.4 is 10.1 Å². The van der Waals surface area contributed by atoms with Gasteiger partial charge in [0.25, 0.3) is 0 Å². The van der Waals surface area contributed by atoms with E-state index in [1.807, 2.05) is 19.9 Å². The van der Waals surface area contributed by atoms with E-state index in [-0.39, 0.29) is 5.56 Å². The molecule has 5 heteroatoms. The molecular formula is C15H17NO4. The van der Waals surface area contributed by atoms with Gasteiger partial charge in [-0.25, -0.2) is 9.78 Å². The zero-order chi connectivity index (χ0) is 15.1. The quantitative estimate of drug-likeness (QED) is 0.869. The van der Waals surface area contributed by atoms with Crippen molar-refractivity contribution in [3.05, 3.63) is 53.3 Å². The summed E-state index contributed by atoms with van der Waals surface area (Å²) >= 11 is 0. The summed E-state index contributed by atoms with van der Waals surface area (Å²) in [6.07, 6.45) is 0.841. The van der Waals surface area contributed by atoms with E-state index in [2.05, 4.69) is 4.98 Å². The zero-order valence-corrected chi connectivity index (χ0v) is 11.4. The van der Waals surface area contributed by atoms with Crippen molar-refractivity contribution < 1.29 is 25.1 Å². The first kappa shape index (κ1) is 15.5. The molecule has 0 aliphatic heterocycles. The summed E-state index contributed by atoms with van der Waals surface area (Å²) < 4.78 is 0. The molecule has 0 saturated carbocycles. The van der Waals surface area contributed by atoms with Gasteiger partial charge in [-0.1, -0.05) is 30.9 Å². The number of carboxylic acids is 1. The lowest BCUT2D eigenvalue weighted by molar-refractivity contribution is -0.400. The van der Waals surface area contributed by atoms with Crippen LogP contribution >= 0.6 is 0 Å². The first-order valence-electron chi connectivity index (χ1n) is 6.15. The normalized spacial score (nSPS) is 9.50. The molecular weight excluding hydrogens is 258 g/mol. The number of carboxylic acid groups (broad SMARTS) is 1. The van der Waals surface area contributed by atoms with E-state index < -0.39 is 11.7 Å². The van der Waals surface area contributed by atoms with E-state index in [9.17, 15) is 15.0 Å². The molecule has 106 valence electrons. The van der Waals surface area contributed by atoms with Crippen molar-refractivity contribution in [2.24, 2.45) is 0 Å². The molecule has 5 nitrogen and oxygen atoms in total. The van der Waals surface area contributed by atoms with Crippen molar-refractivity contribution in [2.75, 3.05) is 0 Å². The minimum Gasteiger partial charge on any atom is -0.872 e. The Balaban J connectivity index is 0.000000200. The maximum absolute atomic E-state index is 10.7. The first-order valence-corrected chi connectivity index (χ1v) is 6.15. The van der Waals surface area contributed by atoms with Crippen molar-refractivity contribution in [1.82, 2.24) is 0 Å². The van der Waals surface area contributed by atoms with Gasteiger partial charge in [-0.2, -0.15) is 0 Å².